The number of nitrogens with one attached hydrogen (secondary N) is 1. The predicted octanol–water partition coefficient (Wildman–Crippen LogP) is 2.94. The van der Waals surface area contributed by atoms with E-state index in [4.69, 9.17) is 9.47 Å². The van der Waals surface area contributed by atoms with E-state index in [-0.39, 0.29) is 0 Å². The van der Waals surface area contributed by atoms with Crippen molar-refractivity contribution in [1.82, 2.24) is 5.32 Å². The summed E-state index contributed by atoms with van der Waals surface area (Å²) >= 11 is 1.88. The molecule has 0 radical (unpaired) electrons. The minimum Gasteiger partial charge on any atom is -0.493 e. The van der Waals surface area contributed by atoms with Crippen LogP contribution in [0.15, 0.2) is 18.2 Å². The number of ether oxygens (including phenoxy) is 2. The van der Waals surface area contributed by atoms with E-state index in [0.29, 0.717) is 6.61 Å². The Balaban J connectivity index is 2.55. The minimum atomic E-state index is 0.654. The third-order valence-electron chi connectivity index (χ3n) is 2.58. The smallest absolute Gasteiger partial charge is 0.165 e. The second-order valence-electron chi connectivity index (χ2n) is 3.90. The molecule has 3 nitrogen and oxygen atoms in total. The van der Waals surface area contributed by atoms with Gasteiger partial charge in [-0.1, -0.05) is 12.1 Å². The molecule has 0 bridgehead atoms. The summed E-state index contributed by atoms with van der Waals surface area (Å²) in [5.41, 5.74) is 1.15. The van der Waals surface area contributed by atoms with Crippen LogP contribution >= 0.6 is 11.8 Å². The lowest BCUT2D eigenvalue weighted by Gasteiger charge is -2.14. The summed E-state index contributed by atoms with van der Waals surface area (Å²) in [5.74, 6) is 2.86. The molecule has 0 aliphatic heterocycles. The van der Waals surface area contributed by atoms with Crippen LogP contribution < -0.4 is 14.8 Å². The van der Waals surface area contributed by atoms with Gasteiger partial charge in [-0.05, 0) is 38.0 Å². The van der Waals surface area contributed by atoms with Gasteiger partial charge in [-0.2, -0.15) is 11.8 Å². The molecule has 0 spiro atoms. The van der Waals surface area contributed by atoms with Crippen LogP contribution in [0.4, 0.5) is 0 Å². The van der Waals surface area contributed by atoms with Crippen molar-refractivity contribution >= 4 is 11.8 Å². The van der Waals surface area contributed by atoms with Crippen molar-refractivity contribution in [2.45, 2.75) is 19.9 Å². The number of rotatable bonds is 9. The quantitative estimate of drug-likeness (QED) is 0.698. The van der Waals surface area contributed by atoms with Gasteiger partial charge in [0.05, 0.1) is 13.7 Å². The lowest BCUT2D eigenvalue weighted by atomic mass is 10.2. The van der Waals surface area contributed by atoms with E-state index in [1.54, 1.807) is 7.11 Å². The lowest BCUT2D eigenvalue weighted by Crippen LogP contribution is -2.16. The highest BCUT2D eigenvalue weighted by Gasteiger charge is 2.08. The Morgan fingerprint density at radius 2 is 2.17 bits per heavy atom. The van der Waals surface area contributed by atoms with Gasteiger partial charge >= 0.3 is 0 Å². The maximum atomic E-state index is 5.56. The van der Waals surface area contributed by atoms with Gasteiger partial charge in [0, 0.05) is 12.1 Å². The third kappa shape index (κ3) is 4.78. The lowest BCUT2D eigenvalue weighted by molar-refractivity contribution is 0.308. The summed E-state index contributed by atoms with van der Waals surface area (Å²) in [6, 6.07) is 6.02. The molecule has 0 saturated carbocycles. The van der Waals surface area contributed by atoms with Gasteiger partial charge in [-0.3, -0.25) is 0 Å². The van der Waals surface area contributed by atoms with Crippen molar-refractivity contribution in [2.24, 2.45) is 0 Å². The summed E-state index contributed by atoms with van der Waals surface area (Å²) in [5, 5.41) is 3.43. The van der Waals surface area contributed by atoms with Crippen LogP contribution in [-0.4, -0.2) is 32.3 Å². The zero-order valence-corrected chi connectivity index (χ0v) is 12.3. The summed E-state index contributed by atoms with van der Waals surface area (Å²) in [6.45, 7) is 4.48. The first-order valence-electron chi connectivity index (χ1n) is 6.31. The summed E-state index contributed by atoms with van der Waals surface area (Å²) in [7, 11) is 1.69. The number of methoxy groups -OCH3 is 1. The number of para-hydroxylation sites is 1. The molecular formula is C14H23NO2S. The Labute approximate surface area is 114 Å². The Kier molecular flexibility index (Phi) is 7.69. The molecule has 0 heterocycles. The number of thioether (sulfide) groups is 1. The Bertz CT molecular complexity index is 345. The van der Waals surface area contributed by atoms with E-state index >= 15 is 0 Å². The van der Waals surface area contributed by atoms with Crippen LogP contribution in [0.1, 0.15) is 18.9 Å². The van der Waals surface area contributed by atoms with Gasteiger partial charge in [0.1, 0.15) is 0 Å². The van der Waals surface area contributed by atoms with Crippen LogP contribution in [0, 0.1) is 0 Å². The number of hydrogen-bond acceptors (Lipinski definition) is 4. The average Bonchev–Trinajstić information content (AvgIpc) is 2.39. The van der Waals surface area contributed by atoms with Crippen molar-refractivity contribution < 1.29 is 9.47 Å². The normalized spacial score (nSPS) is 10.4. The van der Waals surface area contributed by atoms with Crippen molar-refractivity contribution in [3.05, 3.63) is 23.8 Å². The number of benzene rings is 1. The minimum absolute atomic E-state index is 0.654. The molecule has 0 unspecified atom stereocenters. The highest BCUT2D eigenvalue weighted by atomic mass is 32.2. The molecule has 102 valence electrons. The van der Waals surface area contributed by atoms with Gasteiger partial charge in [0.15, 0.2) is 11.5 Å². The first-order chi connectivity index (χ1) is 8.83. The summed E-state index contributed by atoms with van der Waals surface area (Å²) < 4.78 is 11.0. The molecule has 0 fully saturated rings. The molecule has 4 heteroatoms. The van der Waals surface area contributed by atoms with Crippen LogP contribution in [-0.2, 0) is 6.54 Å². The maximum Gasteiger partial charge on any atom is 0.165 e. The second-order valence-corrected chi connectivity index (χ2v) is 4.89. The van der Waals surface area contributed by atoms with Crippen LogP contribution in [0.25, 0.3) is 0 Å². The van der Waals surface area contributed by atoms with Crippen molar-refractivity contribution in [3.63, 3.8) is 0 Å². The van der Waals surface area contributed by atoms with Crippen LogP contribution in [0.3, 0.4) is 0 Å². The van der Waals surface area contributed by atoms with Gasteiger partial charge in [-0.15, -0.1) is 0 Å². The van der Waals surface area contributed by atoms with Crippen LogP contribution in [0.5, 0.6) is 11.5 Å². The van der Waals surface area contributed by atoms with Gasteiger partial charge in [0.25, 0.3) is 0 Å². The van der Waals surface area contributed by atoms with E-state index in [1.807, 2.05) is 30.8 Å². The van der Waals surface area contributed by atoms with Crippen molar-refractivity contribution in [2.75, 3.05) is 32.3 Å². The highest BCUT2D eigenvalue weighted by Crippen LogP contribution is 2.30. The molecule has 1 N–H and O–H groups in total. The molecule has 0 aliphatic carbocycles. The largest absolute Gasteiger partial charge is 0.493 e. The Morgan fingerprint density at radius 3 is 2.83 bits per heavy atom. The van der Waals surface area contributed by atoms with E-state index < -0.39 is 0 Å². The maximum absolute atomic E-state index is 5.56. The standard InChI is InChI=1S/C14H23NO2S/c1-4-17-13-8-5-7-12(14(13)16-2)11-15-9-6-10-18-3/h5,7-8,15H,4,6,9-11H2,1-3H3. The molecule has 1 aromatic rings. The molecule has 1 rings (SSSR count). The molecule has 0 aromatic heterocycles. The molecule has 0 saturated heterocycles. The number of hydrogen-bond donors (Lipinski definition) is 1. The van der Waals surface area contributed by atoms with Crippen LogP contribution in [0.2, 0.25) is 0 Å². The molecule has 18 heavy (non-hydrogen) atoms. The summed E-state index contributed by atoms with van der Waals surface area (Å²) in [6.07, 6.45) is 3.32. The van der Waals surface area contributed by atoms with Crippen molar-refractivity contribution in [3.8, 4) is 11.5 Å². The van der Waals surface area contributed by atoms with Crippen molar-refractivity contribution in [1.29, 1.82) is 0 Å². The van der Waals surface area contributed by atoms with E-state index in [1.165, 1.54) is 12.2 Å². The zero-order valence-electron chi connectivity index (χ0n) is 11.5. The van der Waals surface area contributed by atoms with Gasteiger partial charge in [-0.25, -0.2) is 0 Å². The Hall–Kier alpha value is -0.870. The van der Waals surface area contributed by atoms with E-state index in [2.05, 4.69) is 17.6 Å². The zero-order chi connectivity index (χ0) is 13.2. The fraction of sp³-hybridized carbons (Fsp3) is 0.571. The van der Waals surface area contributed by atoms with Gasteiger partial charge < -0.3 is 14.8 Å². The summed E-state index contributed by atoms with van der Waals surface area (Å²) in [4.78, 5) is 0. The topological polar surface area (TPSA) is 30.5 Å². The molecule has 1 aromatic carbocycles. The molecule has 0 atom stereocenters. The van der Waals surface area contributed by atoms with E-state index in [9.17, 15) is 0 Å². The highest BCUT2D eigenvalue weighted by molar-refractivity contribution is 7.98. The van der Waals surface area contributed by atoms with E-state index in [0.717, 1.165) is 30.2 Å². The molecule has 0 amide bonds. The second kappa shape index (κ2) is 9.11. The average molecular weight is 269 g/mol. The SMILES string of the molecule is CCOc1cccc(CNCCCSC)c1OC. The monoisotopic (exact) mass is 269 g/mol. The third-order valence-corrected chi connectivity index (χ3v) is 3.28. The first-order valence-corrected chi connectivity index (χ1v) is 7.71. The first kappa shape index (κ1) is 15.2. The molecule has 0 aliphatic rings. The molecular weight excluding hydrogens is 246 g/mol. The Morgan fingerprint density at radius 1 is 1.33 bits per heavy atom. The van der Waals surface area contributed by atoms with Gasteiger partial charge in [0.2, 0.25) is 0 Å². The predicted molar refractivity (Wildman–Crippen MR) is 78.9 cm³/mol. The fourth-order valence-corrected chi connectivity index (χ4v) is 2.20. The fourth-order valence-electron chi connectivity index (χ4n) is 1.77.